The largest absolute Gasteiger partial charge is 0.324 e. The van der Waals surface area contributed by atoms with Gasteiger partial charge in [0.1, 0.15) is 5.65 Å². The minimum Gasteiger partial charge on any atom is -0.324 e. The van der Waals surface area contributed by atoms with E-state index >= 15 is 0 Å². The van der Waals surface area contributed by atoms with Gasteiger partial charge in [-0.3, -0.25) is 0 Å². The topological polar surface area (TPSA) is 73.5 Å². The van der Waals surface area contributed by atoms with Crippen LogP contribution in [0.5, 0.6) is 0 Å². The number of tetrazole rings is 1. The van der Waals surface area contributed by atoms with E-state index in [0.717, 1.165) is 25.2 Å². The van der Waals surface area contributed by atoms with Crippen molar-refractivity contribution in [3.8, 4) is 0 Å². The SMILES string of the molecule is CCCNCc1cn(Cc2nnn(C)n2)c2ncccc12. The first-order valence-electron chi connectivity index (χ1n) is 7.14. The van der Waals surface area contributed by atoms with Crippen molar-refractivity contribution in [1.29, 1.82) is 0 Å². The maximum absolute atomic E-state index is 4.49. The van der Waals surface area contributed by atoms with Crippen molar-refractivity contribution in [2.75, 3.05) is 6.54 Å². The van der Waals surface area contributed by atoms with Crippen molar-refractivity contribution < 1.29 is 0 Å². The van der Waals surface area contributed by atoms with Gasteiger partial charge in [0, 0.05) is 24.3 Å². The first kappa shape index (κ1) is 13.7. The smallest absolute Gasteiger partial charge is 0.194 e. The lowest BCUT2D eigenvalue weighted by atomic mass is 10.2. The monoisotopic (exact) mass is 285 g/mol. The summed E-state index contributed by atoms with van der Waals surface area (Å²) in [4.78, 5) is 5.96. The first-order chi connectivity index (χ1) is 10.3. The quantitative estimate of drug-likeness (QED) is 0.687. The van der Waals surface area contributed by atoms with Crippen molar-refractivity contribution in [2.45, 2.75) is 26.4 Å². The van der Waals surface area contributed by atoms with Gasteiger partial charge in [-0.2, -0.15) is 4.80 Å². The average molecular weight is 285 g/mol. The van der Waals surface area contributed by atoms with Crippen molar-refractivity contribution in [3.63, 3.8) is 0 Å². The third-order valence-corrected chi connectivity index (χ3v) is 3.32. The first-order valence-corrected chi connectivity index (χ1v) is 7.14. The van der Waals surface area contributed by atoms with E-state index < -0.39 is 0 Å². The highest BCUT2D eigenvalue weighted by Crippen LogP contribution is 2.19. The maximum Gasteiger partial charge on any atom is 0.194 e. The molecule has 0 atom stereocenters. The van der Waals surface area contributed by atoms with Gasteiger partial charge in [0.05, 0.1) is 13.6 Å². The maximum atomic E-state index is 4.49. The molecule has 0 saturated carbocycles. The Morgan fingerprint density at radius 2 is 2.24 bits per heavy atom. The van der Waals surface area contributed by atoms with Gasteiger partial charge in [0.15, 0.2) is 5.82 Å². The molecule has 0 aliphatic carbocycles. The summed E-state index contributed by atoms with van der Waals surface area (Å²) in [5.74, 6) is 0.688. The van der Waals surface area contributed by atoms with E-state index in [4.69, 9.17) is 0 Å². The summed E-state index contributed by atoms with van der Waals surface area (Å²) >= 11 is 0. The molecule has 0 aromatic carbocycles. The van der Waals surface area contributed by atoms with E-state index in [1.807, 2.05) is 12.3 Å². The zero-order valence-corrected chi connectivity index (χ0v) is 12.3. The predicted octanol–water partition coefficient (Wildman–Crippen LogP) is 1.11. The third kappa shape index (κ3) is 2.92. The second-order valence-corrected chi connectivity index (χ2v) is 5.03. The predicted molar refractivity (Wildman–Crippen MR) is 79.6 cm³/mol. The second-order valence-electron chi connectivity index (χ2n) is 5.03. The van der Waals surface area contributed by atoms with Crippen molar-refractivity contribution in [2.24, 2.45) is 7.05 Å². The van der Waals surface area contributed by atoms with Crippen LogP contribution < -0.4 is 5.32 Å². The molecule has 0 amide bonds. The van der Waals surface area contributed by atoms with Gasteiger partial charge in [-0.15, -0.1) is 10.2 Å². The van der Waals surface area contributed by atoms with Crippen LogP contribution in [0.2, 0.25) is 0 Å². The van der Waals surface area contributed by atoms with Gasteiger partial charge < -0.3 is 9.88 Å². The van der Waals surface area contributed by atoms with Crippen LogP contribution in [-0.2, 0) is 20.1 Å². The molecule has 0 fully saturated rings. The number of fused-ring (bicyclic) bond motifs is 1. The molecule has 3 aromatic rings. The number of aromatic nitrogens is 6. The Kier molecular flexibility index (Phi) is 3.92. The molecule has 3 aromatic heterocycles. The van der Waals surface area contributed by atoms with Crippen LogP contribution in [0.3, 0.4) is 0 Å². The molecule has 0 saturated heterocycles. The highest BCUT2D eigenvalue weighted by molar-refractivity contribution is 5.80. The molecular formula is C14H19N7. The molecule has 21 heavy (non-hydrogen) atoms. The Bertz CT molecular complexity index is 728. The molecule has 0 radical (unpaired) electrons. The standard InChI is InChI=1S/C14H19N7/c1-3-6-15-8-11-9-21(10-13-17-19-20(2)18-13)14-12(11)5-4-7-16-14/h4-5,7,9,15H,3,6,8,10H2,1-2H3. The molecule has 0 bridgehead atoms. The van der Waals surface area contributed by atoms with Gasteiger partial charge in [0.2, 0.25) is 0 Å². The van der Waals surface area contributed by atoms with E-state index in [0.29, 0.717) is 12.4 Å². The van der Waals surface area contributed by atoms with E-state index in [1.54, 1.807) is 7.05 Å². The third-order valence-electron chi connectivity index (χ3n) is 3.32. The number of rotatable bonds is 6. The van der Waals surface area contributed by atoms with Crippen LogP contribution in [0.4, 0.5) is 0 Å². The number of hydrogen-bond acceptors (Lipinski definition) is 5. The summed E-state index contributed by atoms with van der Waals surface area (Å²) in [6.07, 6.45) is 5.06. The van der Waals surface area contributed by atoms with Gasteiger partial charge in [-0.25, -0.2) is 4.98 Å². The lowest BCUT2D eigenvalue weighted by molar-refractivity contribution is 0.625. The summed E-state index contributed by atoms with van der Waals surface area (Å²) in [6, 6.07) is 4.07. The fourth-order valence-electron chi connectivity index (χ4n) is 2.40. The molecule has 110 valence electrons. The van der Waals surface area contributed by atoms with Crippen LogP contribution in [0.15, 0.2) is 24.5 Å². The zero-order valence-electron chi connectivity index (χ0n) is 12.3. The summed E-state index contributed by atoms with van der Waals surface area (Å²) in [6.45, 7) is 4.60. The van der Waals surface area contributed by atoms with Crippen LogP contribution in [-0.4, -0.2) is 36.3 Å². The highest BCUT2D eigenvalue weighted by Gasteiger charge is 2.11. The Hall–Kier alpha value is -2.28. The summed E-state index contributed by atoms with van der Waals surface area (Å²) in [7, 11) is 1.77. The molecular weight excluding hydrogens is 266 g/mol. The number of nitrogens with zero attached hydrogens (tertiary/aromatic N) is 6. The second kappa shape index (κ2) is 6.01. The summed E-state index contributed by atoms with van der Waals surface area (Å²) in [5, 5.41) is 16.7. The van der Waals surface area contributed by atoms with E-state index in [-0.39, 0.29) is 0 Å². The number of nitrogens with one attached hydrogen (secondary N) is 1. The Balaban J connectivity index is 1.90. The number of aryl methyl sites for hydroxylation is 1. The molecule has 1 N–H and O–H groups in total. The highest BCUT2D eigenvalue weighted by atomic mass is 15.6. The van der Waals surface area contributed by atoms with Gasteiger partial charge in [-0.1, -0.05) is 6.92 Å². The van der Waals surface area contributed by atoms with Gasteiger partial charge >= 0.3 is 0 Å². The fraction of sp³-hybridized carbons (Fsp3) is 0.429. The lowest BCUT2D eigenvalue weighted by Crippen LogP contribution is -2.13. The summed E-state index contributed by atoms with van der Waals surface area (Å²) < 4.78 is 2.08. The molecule has 0 aliphatic heterocycles. The number of pyridine rings is 1. The van der Waals surface area contributed by atoms with Crippen LogP contribution in [0, 0.1) is 0 Å². The Labute approximate surface area is 123 Å². The Morgan fingerprint density at radius 1 is 1.33 bits per heavy atom. The normalized spacial score (nSPS) is 11.3. The van der Waals surface area contributed by atoms with E-state index in [9.17, 15) is 0 Å². The van der Waals surface area contributed by atoms with Gasteiger partial charge in [0.25, 0.3) is 0 Å². The lowest BCUT2D eigenvalue weighted by Gasteiger charge is -2.00. The number of hydrogen-bond donors (Lipinski definition) is 1. The van der Waals surface area contributed by atoms with Crippen molar-refractivity contribution in [1.82, 2.24) is 35.1 Å². The summed E-state index contributed by atoms with van der Waals surface area (Å²) in [5.41, 5.74) is 2.20. The molecule has 3 heterocycles. The minimum atomic E-state index is 0.579. The molecule has 0 spiro atoms. The molecule has 0 aliphatic rings. The van der Waals surface area contributed by atoms with Crippen molar-refractivity contribution in [3.05, 3.63) is 35.9 Å². The Morgan fingerprint density at radius 3 is 3.00 bits per heavy atom. The molecule has 3 rings (SSSR count). The molecule has 7 nitrogen and oxygen atoms in total. The van der Waals surface area contributed by atoms with E-state index in [2.05, 4.69) is 49.5 Å². The van der Waals surface area contributed by atoms with Crippen LogP contribution in [0.25, 0.3) is 11.0 Å². The average Bonchev–Trinajstić information content (AvgIpc) is 3.05. The molecule has 7 heteroatoms. The van der Waals surface area contributed by atoms with Gasteiger partial charge in [-0.05, 0) is 35.9 Å². The van der Waals surface area contributed by atoms with Crippen LogP contribution >= 0.6 is 0 Å². The minimum absolute atomic E-state index is 0.579. The fourth-order valence-corrected chi connectivity index (χ4v) is 2.40. The van der Waals surface area contributed by atoms with Crippen molar-refractivity contribution >= 4 is 11.0 Å². The van der Waals surface area contributed by atoms with Crippen LogP contribution in [0.1, 0.15) is 24.7 Å². The molecule has 0 unspecified atom stereocenters. The zero-order chi connectivity index (χ0) is 14.7. The van der Waals surface area contributed by atoms with E-state index in [1.165, 1.54) is 15.7 Å².